The maximum atomic E-state index is 9.27. The van der Waals surface area contributed by atoms with E-state index in [4.69, 9.17) is 5.73 Å². The molecule has 0 saturated carbocycles. The summed E-state index contributed by atoms with van der Waals surface area (Å²) in [6.07, 6.45) is 1.41. The van der Waals surface area contributed by atoms with Crippen molar-refractivity contribution in [3.63, 3.8) is 0 Å². The van der Waals surface area contributed by atoms with Gasteiger partial charge in [0.2, 0.25) is 5.95 Å². The van der Waals surface area contributed by atoms with Gasteiger partial charge in [-0.3, -0.25) is 4.98 Å². The molecular formula is C18H19N5O. The number of nitrogens with zero attached hydrogens (tertiary/aromatic N) is 3. The van der Waals surface area contributed by atoms with Crippen LogP contribution in [0.25, 0.3) is 11.3 Å². The molecule has 3 aromatic rings. The number of rotatable bonds is 4. The molecule has 0 atom stereocenters. The summed E-state index contributed by atoms with van der Waals surface area (Å²) in [6.45, 7) is 4.58. The molecule has 0 spiro atoms. The van der Waals surface area contributed by atoms with Crippen LogP contribution in [0.1, 0.15) is 16.8 Å². The molecule has 0 bridgehead atoms. The fraction of sp³-hybridized carbons (Fsp3) is 0.167. The van der Waals surface area contributed by atoms with E-state index >= 15 is 0 Å². The fourth-order valence-corrected chi connectivity index (χ4v) is 2.53. The molecule has 24 heavy (non-hydrogen) atoms. The Kier molecular flexibility index (Phi) is 4.29. The highest BCUT2D eigenvalue weighted by Gasteiger charge is 2.07. The standard InChI is InChI=1S/C18H19N5O/c1-11-5-12(2)7-13(6-11)16-8-17(23-18(19)22-16)21-9-14-3-4-15(24)10-20-14/h3-8,10,24H,9H2,1-2H3,(H3,19,21,22,23). The first kappa shape index (κ1) is 15.7. The molecule has 0 aliphatic heterocycles. The Hall–Kier alpha value is -3.15. The smallest absolute Gasteiger partial charge is 0.222 e. The van der Waals surface area contributed by atoms with E-state index in [2.05, 4.69) is 52.3 Å². The van der Waals surface area contributed by atoms with Gasteiger partial charge in [-0.15, -0.1) is 0 Å². The largest absolute Gasteiger partial charge is 0.506 e. The SMILES string of the molecule is Cc1cc(C)cc(-c2cc(NCc3ccc(O)cn3)nc(N)n2)c1. The number of hydrogen-bond donors (Lipinski definition) is 3. The second kappa shape index (κ2) is 6.54. The normalized spacial score (nSPS) is 10.6. The van der Waals surface area contributed by atoms with E-state index in [0.717, 1.165) is 17.0 Å². The number of aromatic hydroxyl groups is 1. The molecular weight excluding hydrogens is 302 g/mol. The average molecular weight is 321 g/mol. The molecule has 2 aromatic heterocycles. The molecule has 0 aliphatic rings. The molecule has 0 amide bonds. The third-order valence-corrected chi connectivity index (χ3v) is 3.52. The maximum Gasteiger partial charge on any atom is 0.222 e. The van der Waals surface area contributed by atoms with Gasteiger partial charge in [0.1, 0.15) is 11.6 Å². The lowest BCUT2D eigenvalue weighted by Crippen LogP contribution is -2.06. The summed E-state index contributed by atoms with van der Waals surface area (Å²) in [6, 6.07) is 11.5. The lowest BCUT2D eigenvalue weighted by molar-refractivity contribution is 0.472. The van der Waals surface area contributed by atoms with Crippen LogP contribution in [0.15, 0.2) is 42.6 Å². The van der Waals surface area contributed by atoms with Crippen LogP contribution in [0.3, 0.4) is 0 Å². The maximum absolute atomic E-state index is 9.27. The minimum Gasteiger partial charge on any atom is -0.506 e. The van der Waals surface area contributed by atoms with Crippen LogP contribution in [-0.2, 0) is 6.54 Å². The van der Waals surface area contributed by atoms with E-state index < -0.39 is 0 Å². The van der Waals surface area contributed by atoms with Crippen LogP contribution in [0.4, 0.5) is 11.8 Å². The monoisotopic (exact) mass is 321 g/mol. The molecule has 0 aliphatic carbocycles. The van der Waals surface area contributed by atoms with Gasteiger partial charge in [0.25, 0.3) is 0 Å². The Morgan fingerprint density at radius 3 is 2.46 bits per heavy atom. The first-order chi connectivity index (χ1) is 11.5. The minimum atomic E-state index is 0.141. The number of nitrogen functional groups attached to an aromatic ring is 1. The molecule has 0 saturated heterocycles. The second-order valence-electron chi connectivity index (χ2n) is 5.73. The number of aryl methyl sites for hydroxylation is 2. The Balaban J connectivity index is 1.84. The van der Waals surface area contributed by atoms with Crippen molar-refractivity contribution in [1.82, 2.24) is 15.0 Å². The highest BCUT2D eigenvalue weighted by Crippen LogP contribution is 2.23. The zero-order valence-electron chi connectivity index (χ0n) is 13.6. The summed E-state index contributed by atoms with van der Waals surface area (Å²) >= 11 is 0. The van der Waals surface area contributed by atoms with Crippen molar-refractivity contribution in [3.05, 3.63) is 59.4 Å². The van der Waals surface area contributed by atoms with E-state index in [-0.39, 0.29) is 11.7 Å². The molecule has 3 rings (SSSR count). The van der Waals surface area contributed by atoms with Gasteiger partial charge in [-0.05, 0) is 38.1 Å². The number of benzene rings is 1. The zero-order valence-corrected chi connectivity index (χ0v) is 13.6. The average Bonchev–Trinajstić information content (AvgIpc) is 2.53. The third kappa shape index (κ3) is 3.78. The summed E-state index contributed by atoms with van der Waals surface area (Å²) in [5, 5.41) is 12.5. The summed E-state index contributed by atoms with van der Waals surface area (Å²) in [5.41, 5.74) is 10.8. The molecule has 1 aromatic carbocycles. The van der Waals surface area contributed by atoms with Gasteiger partial charge in [0.05, 0.1) is 24.1 Å². The Bertz CT molecular complexity index is 842. The predicted molar refractivity (Wildman–Crippen MR) is 94.6 cm³/mol. The highest BCUT2D eigenvalue weighted by molar-refractivity contribution is 5.65. The quantitative estimate of drug-likeness (QED) is 0.683. The Morgan fingerprint density at radius 2 is 1.79 bits per heavy atom. The van der Waals surface area contributed by atoms with E-state index in [0.29, 0.717) is 12.4 Å². The first-order valence-electron chi connectivity index (χ1n) is 7.60. The predicted octanol–water partition coefficient (Wildman–Crippen LogP) is 3.06. The van der Waals surface area contributed by atoms with Crippen LogP contribution in [-0.4, -0.2) is 20.1 Å². The van der Waals surface area contributed by atoms with E-state index in [1.807, 2.05) is 6.07 Å². The number of hydrogen-bond acceptors (Lipinski definition) is 6. The van der Waals surface area contributed by atoms with Gasteiger partial charge in [-0.25, -0.2) is 4.98 Å². The van der Waals surface area contributed by atoms with Gasteiger partial charge in [-0.2, -0.15) is 4.98 Å². The Labute approximate surface area is 140 Å². The minimum absolute atomic E-state index is 0.141. The molecule has 6 nitrogen and oxygen atoms in total. The molecule has 4 N–H and O–H groups in total. The van der Waals surface area contributed by atoms with Crippen molar-refractivity contribution >= 4 is 11.8 Å². The number of anilines is 2. The molecule has 0 unspecified atom stereocenters. The van der Waals surface area contributed by atoms with Crippen molar-refractivity contribution in [2.24, 2.45) is 0 Å². The fourth-order valence-electron chi connectivity index (χ4n) is 2.53. The zero-order chi connectivity index (χ0) is 17.1. The van der Waals surface area contributed by atoms with Crippen LogP contribution in [0.2, 0.25) is 0 Å². The molecule has 2 heterocycles. The topological polar surface area (TPSA) is 97.0 Å². The van der Waals surface area contributed by atoms with Crippen LogP contribution >= 0.6 is 0 Å². The number of aromatic nitrogens is 3. The van der Waals surface area contributed by atoms with Crippen molar-refractivity contribution in [2.75, 3.05) is 11.1 Å². The van der Waals surface area contributed by atoms with Gasteiger partial charge >= 0.3 is 0 Å². The number of nitrogens with two attached hydrogens (primary N) is 1. The highest BCUT2D eigenvalue weighted by atomic mass is 16.3. The molecule has 122 valence electrons. The summed E-state index contributed by atoms with van der Waals surface area (Å²) in [4.78, 5) is 12.7. The second-order valence-corrected chi connectivity index (χ2v) is 5.73. The Morgan fingerprint density at radius 1 is 1.04 bits per heavy atom. The molecule has 0 fully saturated rings. The molecule has 0 radical (unpaired) electrons. The summed E-state index contributed by atoms with van der Waals surface area (Å²) in [5.74, 6) is 0.987. The first-order valence-corrected chi connectivity index (χ1v) is 7.60. The summed E-state index contributed by atoms with van der Waals surface area (Å²) in [7, 11) is 0. The van der Waals surface area contributed by atoms with Gasteiger partial charge in [0, 0.05) is 11.6 Å². The number of nitrogens with one attached hydrogen (secondary N) is 1. The van der Waals surface area contributed by atoms with E-state index in [9.17, 15) is 5.11 Å². The molecule has 6 heteroatoms. The van der Waals surface area contributed by atoms with Crippen molar-refractivity contribution in [2.45, 2.75) is 20.4 Å². The lowest BCUT2D eigenvalue weighted by atomic mass is 10.0. The van der Waals surface area contributed by atoms with Gasteiger partial charge < -0.3 is 16.2 Å². The summed E-state index contributed by atoms with van der Waals surface area (Å²) < 4.78 is 0. The van der Waals surface area contributed by atoms with Crippen molar-refractivity contribution in [1.29, 1.82) is 0 Å². The number of pyridine rings is 1. The van der Waals surface area contributed by atoms with Gasteiger partial charge in [0.15, 0.2) is 0 Å². The van der Waals surface area contributed by atoms with Crippen LogP contribution in [0, 0.1) is 13.8 Å². The van der Waals surface area contributed by atoms with Crippen LogP contribution in [0.5, 0.6) is 5.75 Å². The van der Waals surface area contributed by atoms with Crippen molar-refractivity contribution < 1.29 is 5.11 Å². The lowest BCUT2D eigenvalue weighted by Gasteiger charge is -2.09. The van der Waals surface area contributed by atoms with Gasteiger partial charge in [-0.1, -0.05) is 17.2 Å². The van der Waals surface area contributed by atoms with Crippen LogP contribution < -0.4 is 11.1 Å². The third-order valence-electron chi connectivity index (χ3n) is 3.52. The van der Waals surface area contributed by atoms with Crippen molar-refractivity contribution in [3.8, 4) is 17.0 Å². The van der Waals surface area contributed by atoms with E-state index in [1.165, 1.54) is 17.3 Å². The van der Waals surface area contributed by atoms with E-state index in [1.54, 1.807) is 12.1 Å².